The number of halogens is 1. The highest BCUT2D eigenvalue weighted by Gasteiger charge is 2.62. The Morgan fingerprint density at radius 3 is 2.09 bits per heavy atom. The fourth-order valence-electron chi connectivity index (χ4n) is 3.37. The Kier molecular flexibility index (Phi) is 7.86. The highest BCUT2D eigenvalue weighted by atomic mass is 35.5. The second-order valence-electron chi connectivity index (χ2n) is 7.08. The van der Waals surface area contributed by atoms with Crippen molar-refractivity contribution in [1.29, 1.82) is 0 Å². The predicted octanol–water partition coefficient (Wildman–Crippen LogP) is 3.27. The molecule has 5 heteroatoms. The average molecular weight is 335 g/mol. The Labute approximate surface area is 142 Å². The van der Waals surface area contributed by atoms with Crippen LogP contribution < -0.4 is 11.1 Å². The maximum atomic E-state index is 12.6. The van der Waals surface area contributed by atoms with E-state index in [0.717, 1.165) is 19.3 Å². The number of carbonyl (C=O) groups is 1. The van der Waals surface area contributed by atoms with Gasteiger partial charge < -0.3 is 15.8 Å². The van der Waals surface area contributed by atoms with Crippen LogP contribution in [0.1, 0.15) is 67.2 Å². The lowest BCUT2D eigenvalue weighted by molar-refractivity contribution is -0.171. The standard InChI is InChI=1S/C17H34N2O2.ClH/c1-7-16(8-2,9-3)12-19-14(20)17(18)11-13(21-10-4)15(17,5)6;/h13H,7-12,18H2,1-6H3,(H,19,20);1H. The smallest absolute Gasteiger partial charge is 0.240 e. The molecule has 0 saturated heterocycles. The van der Waals surface area contributed by atoms with Gasteiger partial charge in [0.25, 0.3) is 0 Å². The first-order valence-corrected chi connectivity index (χ1v) is 8.41. The molecule has 132 valence electrons. The quantitative estimate of drug-likeness (QED) is 0.716. The highest BCUT2D eigenvalue weighted by molar-refractivity contribution is 5.88. The van der Waals surface area contributed by atoms with Crippen LogP contribution in [-0.2, 0) is 9.53 Å². The van der Waals surface area contributed by atoms with Crippen molar-refractivity contribution < 1.29 is 9.53 Å². The minimum absolute atomic E-state index is 0. The van der Waals surface area contributed by atoms with E-state index in [9.17, 15) is 4.79 Å². The van der Waals surface area contributed by atoms with E-state index in [1.807, 2.05) is 20.8 Å². The number of rotatable bonds is 8. The molecule has 1 saturated carbocycles. The third kappa shape index (κ3) is 3.60. The van der Waals surface area contributed by atoms with E-state index < -0.39 is 5.54 Å². The number of ether oxygens (including phenoxy) is 1. The largest absolute Gasteiger partial charge is 0.378 e. The fraction of sp³-hybridized carbons (Fsp3) is 0.941. The zero-order chi connectivity index (χ0) is 16.3. The van der Waals surface area contributed by atoms with Gasteiger partial charge in [-0.3, -0.25) is 4.79 Å². The van der Waals surface area contributed by atoms with Crippen molar-refractivity contribution in [2.24, 2.45) is 16.6 Å². The van der Waals surface area contributed by atoms with Crippen molar-refractivity contribution in [2.75, 3.05) is 13.2 Å². The van der Waals surface area contributed by atoms with E-state index in [2.05, 4.69) is 26.1 Å². The Bertz CT molecular complexity index is 361. The summed E-state index contributed by atoms with van der Waals surface area (Å²) in [6, 6.07) is 0. The maximum absolute atomic E-state index is 12.6. The molecule has 2 unspecified atom stereocenters. The van der Waals surface area contributed by atoms with Crippen molar-refractivity contribution >= 4 is 18.3 Å². The van der Waals surface area contributed by atoms with Crippen LogP contribution in [0, 0.1) is 10.8 Å². The molecule has 2 atom stereocenters. The van der Waals surface area contributed by atoms with Gasteiger partial charge in [0.15, 0.2) is 0 Å². The summed E-state index contributed by atoms with van der Waals surface area (Å²) in [7, 11) is 0. The minimum atomic E-state index is -0.812. The van der Waals surface area contributed by atoms with E-state index in [1.54, 1.807) is 0 Å². The normalized spacial score (nSPS) is 26.8. The van der Waals surface area contributed by atoms with E-state index in [4.69, 9.17) is 10.5 Å². The molecule has 1 aliphatic rings. The summed E-state index contributed by atoms with van der Waals surface area (Å²) in [5, 5.41) is 3.12. The molecular formula is C17H35ClN2O2. The Morgan fingerprint density at radius 1 is 1.23 bits per heavy atom. The zero-order valence-corrected chi connectivity index (χ0v) is 15.9. The summed E-state index contributed by atoms with van der Waals surface area (Å²) in [4.78, 5) is 12.6. The van der Waals surface area contributed by atoms with Crippen LogP contribution in [0.4, 0.5) is 0 Å². The molecule has 1 fully saturated rings. The Morgan fingerprint density at radius 2 is 1.73 bits per heavy atom. The van der Waals surface area contributed by atoms with Crippen LogP contribution in [0.5, 0.6) is 0 Å². The maximum Gasteiger partial charge on any atom is 0.240 e. The first-order valence-electron chi connectivity index (χ1n) is 8.41. The first kappa shape index (κ1) is 21.7. The third-order valence-electron chi connectivity index (χ3n) is 6.11. The topological polar surface area (TPSA) is 64.3 Å². The number of hydrogen-bond acceptors (Lipinski definition) is 3. The van der Waals surface area contributed by atoms with Gasteiger partial charge in [-0.2, -0.15) is 0 Å². The molecule has 1 aliphatic carbocycles. The van der Waals surface area contributed by atoms with Crippen LogP contribution in [0.3, 0.4) is 0 Å². The van der Waals surface area contributed by atoms with Gasteiger partial charge in [0.05, 0.1) is 6.10 Å². The van der Waals surface area contributed by atoms with Crippen molar-refractivity contribution in [2.45, 2.75) is 78.9 Å². The van der Waals surface area contributed by atoms with Crippen LogP contribution >= 0.6 is 12.4 Å². The monoisotopic (exact) mass is 334 g/mol. The van der Waals surface area contributed by atoms with Gasteiger partial charge in [0.2, 0.25) is 5.91 Å². The van der Waals surface area contributed by atoms with Gasteiger partial charge in [0, 0.05) is 25.0 Å². The molecule has 0 aromatic carbocycles. The molecule has 1 amide bonds. The molecule has 22 heavy (non-hydrogen) atoms. The van der Waals surface area contributed by atoms with E-state index in [1.165, 1.54) is 0 Å². The highest BCUT2D eigenvalue weighted by Crippen LogP contribution is 2.49. The predicted molar refractivity (Wildman–Crippen MR) is 94.3 cm³/mol. The Hall–Kier alpha value is -0.320. The number of amides is 1. The van der Waals surface area contributed by atoms with Gasteiger partial charge in [-0.25, -0.2) is 0 Å². The number of hydrogen-bond donors (Lipinski definition) is 2. The third-order valence-corrected chi connectivity index (χ3v) is 6.11. The van der Waals surface area contributed by atoms with Crippen molar-refractivity contribution in [3.8, 4) is 0 Å². The summed E-state index contributed by atoms with van der Waals surface area (Å²) in [6.07, 6.45) is 3.90. The second-order valence-corrected chi connectivity index (χ2v) is 7.08. The molecule has 0 aromatic rings. The van der Waals surface area contributed by atoms with Crippen LogP contribution in [0.2, 0.25) is 0 Å². The summed E-state index contributed by atoms with van der Waals surface area (Å²) >= 11 is 0. The molecular weight excluding hydrogens is 300 g/mol. The fourth-order valence-corrected chi connectivity index (χ4v) is 3.37. The van der Waals surface area contributed by atoms with Crippen LogP contribution in [-0.4, -0.2) is 30.7 Å². The Balaban J connectivity index is 0.00000441. The van der Waals surface area contributed by atoms with E-state index >= 15 is 0 Å². The average Bonchev–Trinajstić information content (AvgIpc) is 2.48. The molecule has 0 spiro atoms. The summed E-state index contributed by atoms with van der Waals surface area (Å²) < 4.78 is 5.69. The van der Waals surface area contributed by atoms with Crippen LogP contribution in [0.15, 0.2) is 0 Å². The van der Waals surface area contributed by atoms with E-state index in [-0.39, 0.29) is 35.2 Å². The molecule has 0 aromatic heterocycles. The minimum Gasteiger partial charge on any atom is -0.378 e. The summed E-state index contributed by atoms with van der Waals surface area (Å²) in [6.45, 7) is 14.0. The van der Waals surface area contributed by atoms with Crippen molar-refractivity contribution in [3.05, 3.63) is 0 Å². The SMILES string of the molecule is CCOC1CC(N)(C(=O)NCC(CC)(CC)CC)C1(C)C.Cl. The molecule has 0 heterocycles. The summed E-state index contributed by atoms with van der Waals surface area (Å²) in [5.74, 6) is -0.0248. The second kappa shape index (κ2) is 7.98. The lowest BCUT2D eigenvalue weighted by Gasteiger charge is -2.57. The lowest BCUT2D eigenvalue weighted by atomic mass is 9.54. The molecule has 3 N–H and O–H groups in total. The van der Waals surface area contributed by atoms with Gasteiger partial charge in [-0.05, 0) is 31.6 Å². The van der Waals surface area contributed by atoms with Crippen molar-refractivity contribution in [1.82, 2.24) is 5.32 Å². The first-order chi connectivity index (χ1) is 9.73. The van der Waals surface area contributed by atoms with Gasteiger partial charge in [-0.15, -0.1) is 12.4 Å². The molecule has 0 radical (unpaired) electrons. The molecule has 4 nitrogen and oxygen atoms in total. The summed E-state index contributed by atoms with van der Waals surface area (Å²) in [5.41, 5.74) is 5.47. The number of nitrogens with two attached hydrogens (primary N) is 1. The zero-order valence-electron chi connectivity index (χ0n) is 15.1. The van der Waals surface area contributed by atoms with Gasteiger partial charge in [-0.1, -0.05) is 34.6 Å². The van der Waals surface area contributed by atoms with Gasteiger partial charge in [0.1, 0.15) is 5.54 Å². The lowest BCUT2D eigenvalue weighted by Crippen LogP contribution is -2.76. The number of carbonyl (C=O) groups excluding carboxylic acids is 1. The van der Waals surface area contributed by atoms with Crippen molar-refractivity contribution in [3.63, 3.8) is 0 Å². The van der Waals surface area contributed by atoms with E-state index in [0.29, 0.717) is 19.6 Å². The molecule has 0 bridgehead atoms. The molecule has 1 rings (SSSR count). The van der Waals surface area contributed by atoms with Gasteiger partial charge >= 0.3 is 0 Å². The van der Waals surface area contributed by atoms with Crippen LogP contribution in [0.25, 0.3) is 0 Å². The number of nitrogens with one attached hydrogen (secondary N) is 1. The molecule has 0 aliphatic heterocycles.